The lowest BCUT2D eigenvalue weighted by Gasteiger charge is -2.27. The second-order valence-electron chi connectivity index (χ2n) is 6.24. The van der Waals surface area contributed by atoms with Crippen molar-refractivity contribution in [2.24, 2.45) is 17.8 Å². The summed E-state index contributed by atoms with van der Waals surface area (Å²) in [6.07, 6.45) is 0.932. The third-order valence-electron chi connectivity index (χ3n) is 5.06. The molecule has 2 heterocycles. The minimum atomic E-state index is -2.38. The van der Waals surface area contributed by atoms with Crippen molar-refractivity contribution in [3.63, 3.8) is 0 Å². The van der Waals surface area contributed by atoms with E-state index in [2.05, 4.69) is 17.1 Å². The van der Waals surface area contributed by atoms with Gasteiger partial charge in [-0.2, -0.15) is 0 Å². The van der Waals surface area contributed by atoms with Crippen LogP contribution in [0, 0.1) is 17.8 Å². The predicted molar refractivity (Wildman–Crippen MR) is 63.2 cm³/mol. The molecule has 2 nitrogen and oxygen atoms in total. The molecular weight excluding hydrogens is 222 g/mol. The Bertz CT molecular complexity index is 295. The van der Waals surface area contributed by atoms with Gasteiger partial charge in [-0.25, -0.2) is 8.78 Å². The Morgan fingerprint density at radius 2 is 2.18 bits per heavy atom. The summed E-state index contributed by atoms with van der Waals surface area (Å²) < 4.78 is 26.3. The third-order valence-corrected chi connectivity index (χ3v) is 5.06. The van der Waals surface area contributed by atoms with E-state index in [9.17, 15) is 8.78 Å². The van der Waals surface area contributed by atoms with Crippen LogP contribution in [0.4, 0.5) is 8.78 Å². The van der Waals surface area contributed by atoms with E-state index in [0.29, 0.717) is 12.5 Å². The molecule has 4 unspecified atom stereocenters. The zero-order chi connectivity index (χ0) is 12.0. The average molecular weight is 244 g/mol. The van der Waals surface area contributed by atoms with Crippen molar-refractivity contribution in [1.29, 1.82) is 0 Å². The highest BCUT2D eigenvalue weighted by atomic mass is 19.3. The molecule has 3 fully saturated rings. The molecule has 1 saturated carbocycles. The van der Waals surface area contributed by atoms with Crippen LogP contribution in [0.3, 0.4) is 0 Å². The number of halogens is 2. The van der Waals surface area contributed by atoms with E-state index in [-0.39, 0.29) is 18.8 Å². The highest BCUT2D eigenvalue weighted by Gasteiger charge is 2.45. The van der Waals surface area contributed by atoms with Crippen LogP contribution < -0.4 is 5.32 Å². The van der Waals surface area contributed by atoms with Crippen LogP contribution in [-0.4, -0.2) is 43.0 Å². The van der Waals surface area contributed by atoms with Crippen molar-refractivity contribution in [3.8, 4) is 0 Å². The van der Waals surface area contributed by atoms with E-state index in [4.69, 9.17) is 0 Å². The van der Waals surface area contributed by atoms with E-state index < -0.39 is 5.92 Å². The van der Waals surface area contributed by atoms with Gasteiger partial charge in [-0.3, -0.25) is 4.90 Å². The number of hydrogen-bond donors (Lipinski definition) is 1. The molecule has 1 N–H and O–H groups in total. The summed E-state index contributed by atoms with van der Waals surface area (Å²) >= 11 is 0. The van der Waals surface area contributed by atoms with Crippen LogP contribution in [0.25, 0.3) is 0 Å². The molecule has 0 aromatic rings. The van der Waals surface area contributed by atoms with Gasteiger partial charge in [0.2, 0.25) is 5.92 Å². The molecule has 0 spiro atoms. The van der Waals surface area contributed by atoms with Crippen LogP contribution in [0.15, 0.2) is 0 Å². The predicted octanol–water partition coefficient (Wildman–Crippen LogP) is 1.96. The maximum atomic E-state index is 13.2. The molecule has 4 heteroatoms. The Kier molecular flexibility index (Phi) is 2.90. The van der Waals surface area contributed by atoms with Gasteiger partial charge in [0.1, 0.15) is 0 Å². The molecule has 0 amide bonds. The zero-order valence-corrected chi connectivity index (χ0v) is 10.5. The minimum absolute atomic E-state index is 0.105. The second-order valence-corrected chi connectivity index (χ2v) is 6.24. The first-order valence-electron chi connectivity index (χ1n) is 6.88. The lowest BCUT2D eigenvalue weighted by Crippen LogP contribution is -2.36. The number of nitrogens with zero attached hydrogens (tertiary/aromatic N) is 1. The summed E-state index contributed by atoms with van der Waals surface area (Å²) in [6.45, 7) is 6.50. The summed E-state index contributed by atoms with van der Waals surface area (Å²) in [5.41, 5.74) is 0. The van der Waals surface area contributed by atoms with Crippen molar-refractivity contribution in [1.82, 2.24) is 10.2 Å². The van der Waals surface area contributed by atoms with E-state index >= 15 is 0 Å². The van der Waals surface area contributed by atoms with Gasteiger partial charge in [0.25, 0.3) is 0 Å². The first-order valence-corrected chi connectivity index (χ1v) is 6.88. The summed E-state index contributed by atoms with van der Waals surface area (Å²) in [5.74, 6) is -0.659. The van der Waals surface area contributed by atoms with Crippen LogP contribution >= 0.6 is 0 Å². The van der Waals surface area contributed by atoms with Gasteiger partial charge in [-0.05, 0) is 44.2 Å². The Hall–Kier alpha value is -0.220. The van der Waals surface area contributed by atoms with Gasteiger partial charge in [0, 0.05) is 32.0 Å². The molecule has 98 valence electrons. The largest absolute Gasteiger partial charge is 0.316 e. The third kappa shape index (κ3) is 2.22. The Morgan fingerprint density at radius 1 is 1.35 bits per heavy atom. The van der Waals surface area contributed by atoms with Crippen molar-refractivity contribution in [2.45, 2.75) is 38.2 Å². The lowest BCUT2D eigenvalue weighted by molar-refractivity contribution is 0.00315. The van der Waals surface area contributed by atoms with Crippen molar-refractivity contribution >= 4 is 0 Å². The molecule has 3 rings (SSSR count). The number of hydrogen-bond acceptors (Lipinski definition) is 2. The number of nitrogens with one attached hydrogen (secondary N) is 1. The molecule has 17 heavy (non-hydrogen) atoms. The quantitative estimate of drug-likeness (QED) is 0.799. The smallest absolute Gasteiger partial charge is 0.248 e. The lowest BCUT2D eigenvalue weighted by atomic mass is 9.95. The first kappa shape index (κ1) is 11.8. The molecule has 0 aromatic carbocycles. The van der Waals surface area contributed by atoms with Crippen molar-refractivity contribution in [3.05, 3.63) is 0 Å². The fourth-order valence-electron chi connectivity index (χ4n) is 4.03. The van der Waals surface area contributed by atoms with E-state index in [0.717, 1.165) is 38.0 Å². The number of likely N-dealkylation sites (tertiary alicyclic amines) is 1. The van der Waals surface area contributed by atoms with Gasteiger partial charge < -0.3 is 5.32 Å². The molecule has 1 aliphatic carbocycles. The van der Waals surface area contributed by atoms with Crippen LogP contribution in [0.2, 0.25) is 0 Å². The summed E-state index contributed by atoms with van der Waals surface area (Å²) in [5, 5.41) is 3.44. The fourth-order valence-corrected chi connectivity index (χ4v) is 4.03. The summed E-state index contributed by atoms with van der Waals surface area (Å²) in [6, 6.07) is 0.573. The molecule has 0 bridgehead atoms. The van der Waals surface area contributed by atoms with Crippen LogP contribution in [0.5, 0.6) is 0 Å². The zero-order valence-electron chi connectivity index (χ0n) is 10.5. The summed E-state index contributed by atoms with van der Waals surface area (Å²) in [7, 11) is 0. The SMILES string of the molecule is CC1C2CNCC2CN1CC1CCC(F)(F)C1. The van der Waals surface area contributed by atoms with Gasteiger partial charge in [-0.1, -0.05) is 0 Å². The normalized spacial score (nSPS) is 45.4. The molecule has 4 atom stereocenters. The highest BCUT2D eigenvalue weighted by molar-refractivity contribution is 4.97. The van der Waals surface area contributed by atoms with E-state index in [1.165, 1.54) is 0 Å². The van der Waals surface area contributed by atoms with Crippen molar-refractivity contribution in [2.75, 3.05) is 26.2 Å². The Balaban J connectivity index is 1.56. The van der Waals surface area contributed by atoms with Gasteiger partial charge in [0.05, 0.1) is 0 Å². The topological polar surface area (TPSA) is 15.3 Å². The monoisotopic (exact) mass is 244 g/mol. The maximum Gasteiger partial charge on any atom is 0.248 e. The number of alkyl halides is 2. The molecular formula is C13H22F2N2. The summed E-state index contributed by atoms with van der Waals surface area (Å²) in [4.78, 5) is 2.46. The van der Waals surface area contributed by atoms with Crippen molar-refractivity contribution < 1.29 is 8.78 Å². The molecule has 3 aliphatic rings. The van der Waals surface area contributed by atoms with E-state index in [1.807, 2.05) is 0 Å². The maximum absolute atomic E-state index is 13.2. The molecule has 0 aromatic heterocycles. The molecule has 0 radical (unpaired) electrons. The first-order chi connectivity index (χ1) is 8.05. The van der Waals surface area contributed by atoms with Gasteiger partial charge in [0.15, 0.2) is 0 Å². The highest BCUT2D eigenvalue weighted by Crippen LogP contribution is 2.41. The number of rotatable bonds is 2. The van der Waals surface area contributed by atoms with Gasteiger partial charge in [-0.15, -0.1) is 0 Å². The Labute approximate surface area is 102 Å². The number of fused-ring (bicyclic) bond motifs is 1. The fraction of sp³-hybridized carbons (Fsp3) is 1.00. The molecule has 2 saturated heterocycles. The van der Waals surface area contributed by atoms with Crippen LogP contribution in [-0.2, 0) is 0 Å². The van der Waals surface area contributed by atoms with Crippen LogP contribution in [0.1, 0.15) is 26.2 Å². The standard InChI is InChI=1S/C13H22F2N2/c1-9-12-6-16-5-11(12)8-17(9)7-10-2-3-13(14,15)4-10/h9-12,16H,2-8H2,1H3. The van der Waals surface area contributed by atoms with E-state index in [1.54, 1.807) is 0 Å². The molecule has 2 aliphatic heterocycles. The minimum Gasteiger partial charge on any atom is -0.316 e. The average Bonchev–Trinajstić information content (AvgIpc) is 2.88. The van der Waals surface area contributed by atoms with Gasteiger partial charge >= 0.3 is 0 Å². The second kappa shape index (κ2) is 4.16. The Morgan fingerprint density at radius 3 is 2.82 bits per heavy atom.